The van der Waals surface area contributed by atoms with Crippen LogP contribution in [-0.2, 0) is 27.9 Å². The number of rotatable bonds is 30. The standard InChI is InChI=1S/C50H92NO8P/c1-10-11-12-13-14-15-16-17-18-19-20-21-34-56-46(37-58-60(54,55)57-35-33-51(7,8)9)47(48(52)53)59-41-29-31-49(5)40(36-41)25-26-42-44-28-27-43(39(4)24-22-23-38(2)3)50(44,6)32-30-45(42)49/h25,38-39,41-47H,10-24,26-37H2,1-9H3,(H-,52,53,54,55)/p+1/t39-,41?,42?,43-,44?,45?,46?,47?,49+,50-/m1/s1. The molecule has 0 aromatic rings. The number of fused-ring (bicyclic) bond motifs is 5. The molecule has 0 bridgehead atoms. The molecular weight excluding hydrogens is 774 g/mol. The van der Waals surface area contributed by atoms with Crippen LogP contribution in [0.3, 0.4) is 0 Å². The number of hydrogen-bond donors (Lipinski definition) is 2. The highest BCUT2D eigenvalue weighted by atomic mass is 31.2. The Kier molecular flexibility index (Phi) is 21.1. The van der Waals surface area contributed by atoms with Crippen molar-refractivity contribution >= 4 is 13.8 Å². The van der Waals surface area contributed by atoms with Crippen LogP contribution in [0.15, 0.2) is 11.6 Å². The SMILES string of the molecule is CCCCCCCCCCCCCCOC(COP(=O)(O)OCC[N+](C)(C)C)C(OC1CC[C@@]2(C)C(=CCC3C2CC[C@@]2(C)C3CC[C@@H]2[C@H](C)CCCC(C)C)C1)C(=O)O. The summed E-state index contributed by atoms with van der Waals surface area (Å²) in [6, 6.07) is 0. The van der Waals surface area contributed by atoms with Crippen molar-refractivity contribution in [3.05, 3.63) is 11.6 Å². The van der Waals surface area contributed by atoms with Gasteiger partial charge in [-0.3, -0.25) is 9.05 Å². The number of phosphoric ester groups is 1. The molecule has 2 N–H and O–H groups in total. The number of ether oxygens (including phenoxy) is 2. The minimum absolute atomic E-state index is 0.0381. The number of quaternary nitrogens is 1. The first-order valence-corrected chi connectivity index (χ1v) is 26.5. The van der Waals surface area contributed by atoms with Crippen molar-refractivity contribution in [1.82, 2.24) is 0 Å². The Bertz CT molecular complexity index is 1350. The molecule has 4 aliphatic carbocycles. The van der Waals surface area contributed by atoms with Gasteiger partial charge in [-0.2, -0.15) is 0 Å². The molecule has 3 saturated carbocycles. The number of carboxylic acid groups (broad SMARTS) is 1. The lowest BCUT2D eigenvalue weighted by atomic mass is 9.47. The van der Waals surface area contributed by atoms with Crippen LogP contribution in [0.5, 0.6) is 0 Å². The number of aliphatic carboxylic acids is 1. The molecule has 0 aliphatic heterocycles. The molecule has 10 heteroatoms. The minimum Gasteiger partial charge on any atom is -0.479 e. The Morgan fingerprint density at radius 2 is 1.48 bits per heavy atom. The van der Waals surface area contributed by atoms with Crippen molar-refractivity contribution in [3.63, 3.8) is 0 Å². The fourth-order valence-electron chi connectivity index (χ4n) is 12.3. The van der Waals surface area contributed by atoms with Crippen LogP contribution in [-0.4, -0.2) is 86.3 Å². The molecule has 60 heavy (non-hydrogen) atoms. The molecule has 0 saturated heterocycles. The number of phosphoric acid groups is 1. The zero-order valence-corrected chi connectivity index (χ0v) is 41.0. The molecule has 9 nitrogen and oxygen atoms in total. The average Bonchev–Trinajstić information content (AvgIpc) is 3.53. The summed E-state index contributed by atoms with van der Waals surface area (Å²) in [4.78, 5) is 23.5. The third-order valence-corrected chi connectivity index (χ3v) is 16.9. The minimum atomic E-state index is -4.44. The highest BCUT2D eigenvalue weighted by molar-refractivity contribution is 7.47. The lowest BCUT2D eigenvalue weighted by Crippen LogP contribution is -2.51. The first-order valence-electron chi connectivity index (χ1n) is 25.0. The van der Waals surface area contributed by atoms with Crippen LogP contribution in [0.25, 0.3) is 0 Å². The number of carbonyl (C=O) groups is 1. The first-order chi connectivity index (χ1) is 28.4. The van der Waals surface area contributed by atoms with Crippen LogP contribution >= 0.6 is 7.82 Å². The number of nitrogens with zero attached hydrogens (tertiary/aromatic N) is 1. The van der Waals surface area contributed by atoms with E-state index in [2.05, 4.69) is 47.6 Å². The third-order valence-electron chi connectivity index (χ3n) is 15.9. The molecule has 3 fully saturated rings. The molecule has 0 radical (unpaired) electrons. The number of hydrogen-bond acceptors (Lipinski definition) is 6. The topological polar surface area (TPSA) is 112 Å². The summed E-state index contributed by atoms with van der Waals surface area (Å²) in [5, 5.41) is 10.6. The van der Waals surface area contributed by atoms with Gasteiger partial charge in [0.25, 0.3) is 0 Å². The van der Waals surface area contributed by atoms with E-state index in [1.54, 1.807) is 0 Å². The number of carboxylic acids is 1. The van der Waals surface area contributed by atoms with Crippen LogP contribution < -0.4 is 0 Å². The molecular formula is C50H93NO8P+. The normalized spacial score (nSPS) is 30.5. The van der Waals surface area contributed by atoms with E-state index in [1.165, 1.54) is 108 Å². The smallest absolute Gasteiger partial charge is 0.472 e. The fourth-order valence-corrected chi connectivity index (χ4v) is 13.0. The van der Waals surface area contributed by atoms with Gasteiger partial charge < -0.3 is 24.0 Å². The van der Waals surface area contributed by atoms with Crippen molar-refractivity contribution in [2.45, 2.75) is 208 Å². The van der Waals surface area contributed by atoms with Crippen molar-refractivity contribution < 1.29 is 42.4 Å². The van der Waals surface area contributed by atoms with Crippen molar-refractivity contribution in [2.24, 2.45) is 46.3 Å². The van der Waals surface area contributed by atoms with Crippen LogP contribution in [0, 0.1) is 46.3 Å². The monoisotopic (exact) mass is 867 g/mol. The molecule has 7 unspecified atom stereocenters. The molecule has 4 aliphatic rings. The third kappa shape index (κ3) is 15.4. The van der Waals surface area contributed by atoms with Crippen molar-refractivity contribution in [3.8, 4) is 0 Å². The fraction of sp³-hybridized carbons (Fsp3) is 0.940. The molecule has 0 spiro atoms. The van der Waals surface area contributed by atoms with Crippen molar-refractivity contribution in [2.75, 3.05) is 47.5 Å². The van der Waals surface area contributed by atoms with Gasteiger partial charge in [0.1, 0.15) is 19.3 Å². The van der Waals surface area contributed by atoms with Gasteiger partial charge in [0.05, 0.1) is 33.9 Å². The van der Waals surface area contributed by atoms with Crippen molar-refractivity contribution in [1.29, 1.82) is 0 Å². The second kappa shape index (κ2) is 24.5. The van der Waals surface area contributed by atoms with Crippen LogP contribution in [0.4, 0.5) is 0 Å². The van der Waals surface area contributed by atoms with E-state index in [4.69, 9.17) is 18.5 Å². The van der Waals surface area contributed by atoms with Gasteiger partial charge in [-0.05, 0) is 104 Å². The predicted molar refractivity (Wildman–Crippen MR) is 245 cm³/mol. The maximum absolute atomic E-state index is 12.9. The van der Waals surface area contributed by atoms with Crippen LogP contribution in [0.1, 0.15) is 189 Å². The summed E-state index contributed by atoms with van der Waals surface area (Å²) in [5.74, 6) is 3.45. The van der Waals surface area contributed by atoms with E-state index in [-0.39, 0.29) is 18.1 Å². The van der Waals surface area contributed by atoms with Gasteiger partial charge in [-0.15, -0.1) is 0 Å². The van der Waals surface area contributed by atoms with Gasteiger partial charge in [-0.1, -0.05) is 143 Å². The number of unbranched alkanes of at least 4 members (excludes halogenated alkanes) is 11. The number of allylic oxidation sites excluding steroid dienone is 1. The van der Waals surface area contributed by atoms with E-state index < -0.39 is 32.6 Å². The van der Waals surface area contributed by atoms with Crippen LogP contribution in [0.2, 0.25) is 0 Å². The number of likely N-dealkylation sites (N-methyl/N-ethyl adjacent to an activating group) is 1. The van der Waals surface area contributed by atoms with E-state index in [1.807, 2.05) is 21.1 Å². The summed E-state index contributed by atoms with van der Waals surface area (Å²) in [6.07, 6.45) is 27.5. The Morgan fingerprint density at radius 1 is 0.833 bits per heavy atom. The summed E-state index contributed by atoms with van der Waals surface area (Å²) in [5.41, 5.74) is 2.00. The van der Waals surface area contributed by atoms with Gasteiger partial charge in [-0.25, -0.2) is 9.36 Å². The largest absolute Gasteiger partial charge is 0.479 e. The Hall–Kier alpha value is -0.800. The molecule has 0 heterocycles. The second-order valence-corrected chi connectivity index (χ2v) is 23.4. The summed E-state index contributed by atoms with van der Waals surface area (Å²) >= 11 is 0. The van der Waals surface area contributed by atoms with E-state index in [0.717, 1.165) is 74.5 Å². The lowest BCUT2D eigenvalue weighted by molar-refractivity contribution is -0.870. The zero-order valence-electron chi connectivity index (χ0n) is 40.1. The molecule has 11 atom stereocenters. The molecule has 350 valence electrons. The second-order valence-electron chi connectivity index (χ2n) is 22.0. The average molecular weight is 867 g/mol. The molecule has 0 aromatic carbocycles. The highest BCUT2D eigenvalue weighted by Crippen LogP contribution is 2.67. The summed E-state index contributed by atoms with van der Waals surface area (Å²) in [7, 11) is 1.49. The maximum atomic E-state index is 12.9. The molecule has 0 aromatic heterocycles. The predicted octanol–water partition coefficient (Wildman–Crippen LogP) is 12.8. The van der Waals surface area contributed by atoms with Gasteiger partial charge in [0, 0.05) is 6.61 Å². The Morgan fingerprint density at radius 3 is 2.10 bits per heavy atom. The van der Waals surface area contributed by atoms with E-state index in [0.29, 0.717) is 29.0 Å². The quantitative estimate of drug-likeness (QED) is 0.0318. The van der Waals surface area contributed by atoms with E-state index in [9.17, 15) is 19.4 Å². The highest BCUT2D eigenvalue weighted by Gasteiger charge is 2.59. The first kappa shape index (κ1) is 51.8. The lowest BCUT2D eigenvalue weighted by Gasteiger charge is -2.58. The maximum Gasteiger partial charge on any atom is 0.472 e. The van der Waals surface area contributed by atoms with Gasteiger partial charge in [0.15, 0.2) is 6.10 Å². The summed E-state index contributed by atoms with van der Waals surface area (Å²) in [6.45, 7) is 15.1. The Balaban J connectivity index is 1.35. The summed E-state index contributed by atoms with van der Waals surface area (Å²) < 4.78 is 37.0. The molecule has 0 amide bonds. The van der Waals surface area contributed by atoms with E-state index >= 15 is 0 Å². The molecule has 4 rings (SSSR count). The zero-order chi connectivity index (χ0) is 44.0. The van der Waals surface area contributed by atoms with Gasteiger partial charge >= 0.3 is 13.8 Å². The van der Waals surface area contributed by atoms with Gasteiger partial charge in [0.2, 0.25) is 0 Å². The Labute approximate surface area is 368 Å².